The number of benzene rings is 2. The molecule has 2 aromatic carbocycles. The maximum atomic E-state index is 13.2. The van der Waals surface area contributed by atoms with Crippen LogP contribution in [0.5, 0.6) is 11.5 Å². The van der Waals surface area contributed by atoms with Crippen LogP contribution >= 0.6 is 11.6 Å². The van der Waals surface area contributed by atoms with Gasteiger partial charge >= 0.3 is 6.09 Å². The molecule has 1 aliphatic rings. The number of rotatable bonds is 15. The van der Waals surface area contributed by atoms with Gasteiger partial charge in [0, 0.05) is 48.3 Å². The quantitative estimate of drug-likeness (QED) is 0.196. The Morgan fingerprint density at radius 1 is 0.911 bits per heavy atom. The summed E-state index contributed by atoms with van der Waals surface area (Å²) < 4.78 is 23.0. The van der Waals surface area contributed by atoms with Gasteiger partial charge in [-0.15, -0.1) is 0 Å². The second kappa shape index (κ2) is 15.7. The van der Waals surface area contributed by atoms with E-state index in [0.717, 1.165) is 31.4 Å². The molecular formula is C35H48ClN3O6. The minimum Gasteiger partial charge on any atom is -0.494 e. The summed E-state index contributed by atoms with van der Waals surface area (Å²) in [5.74, 6) is 1.17. The minimum absolute atomic E-state index is 0.120. The molecule has 1 saturated carbocycles. The van der Waals surface area contributed by atoms with E-state index in [1.165, 1.54) is 0 Å². The highest BCUT2D eigenvalue weighted by Crippen LogP contribution is 2.55. The molecule has 0 saturated heterocycles. The third-order valence-corrected chi connectivity index (χ3v) is 8.19. The summed E-state index contributed by atoms with van der Waals surface area (Å²) in [5.41, 5.74) is -0.211. The maximum Gasteiger partial charge on any atom is 0.407 e. The smallest absolute Gasteiger partial charge is 0.407 e. The molecular weight excluding hydrogens is 594 g/mol. The lowest BCUT2D eigenvalue weighted by molar-refractivity contribution is -0.164. The van der Waals surface area contributed by atoms with Gasteiger partial charge in [-0.05, 0) is 82.9 Å². The Kier molecular flexibility index (Phi) is 12.5. The van der Waals surface area contributed by atoms with Crippen LogP contribution in [0.2, 0.25) is 5.02 Å². The van der Waals surface area contributed by atoms with Gasteiger partial charge in [0.1, 0.15) is 29.3 Å². The Bertz CT molecular complexity index is 1310. The Labute approximate surface area is 272 Å². The maximum absolute atomic E-state index is 13.2. The first-order chi connectivity index (χ1) is 21.1. The van der Waals surface area contributed by atoms with Gasteiger partial charge in [0.05, 0.1) is 17.2 Å². The second-order valence-corrected chi connectivity index (χ2v) is 14.0. The van der Waals surface area contributed by atoms with Gasteiger partial charge < -0.3 is 29.6 Å². The zero-order chi connectivity index (χ0) is 33.3. The number of hydrogen-bond donors (Lipinski definition) is 2. The number of hydrogen-bond acceptors (Lipinski definition) is 7. The van der Waals surface area contributed by atoms with Crippen LogP contribution in [0, 0.1) is 22.2 Å². The molecule has 10 heteroatoms. The van der Waals surface area contributed by atoms with Crippen LogP contribution in [0.3, 0.4) is 0 Å². The molecule has 0 aliphatic heterocycles. The minimum atomic E-state index is -0.497. The number of alkyl carbamates (subject to hydrolysis) is 1. The predicted molar refractivity (Wildman–Crippen MR) is 175 cm³/mol. The number of carbonyl (C=O) groups is 2. The lowest BCUT2D eigenvalue weighted by Crippen LogP contribution is -2.74. The fourth-order valence-electron chi connectivity index (χ4n) is 5.97. The molecule has 45 heavy (non-hydrogen) atoms. The molecule has 1 aliphatic carbocycles. The van der Waals surface area contributed by atoms with Crippen molar-refractivity contribution < 1.29 is 28.5 Å². The Morgan fingerprint density at radius 2 is 1.53 bits per heavy atom. The average Bonchev–Trinajstić information content (AvgIpc) is 2.96. The van der Waals surface area contributed by atoms with E-state index in [-0.39, 0.29) is 28.9 Å². The summed E-state index contributed by atoms with van der Waals surface area (Å²) in [4.78, 5) is 24.8. The number of halogens is 1. The Hall–Kier alpha value is -3.48. The van der Waals surface area contributed by atoms with Crippen LogP contribution in [0.25, 0.3) is 0 Å². The summed E-state index contributed by atoms with van der Waals surface area (Å²) in [6, 6.07) is 14.2. The van der Waals surface area contributed by atoms with Crippen molar-refractivity contribution in [3.05, 3.63) is 58.6 Å². The molecule has 0 heterocycles. The van der Waals surface area contributed by atoms with Gasteiger partial charge in [-0.25, -0.2) is 4.79 Å². The number of amides is 2. The van der Waals surface area contributed by atoms with Crippen LogP contribution in [0.4, 0.5) is 4.79 Å². The van der Waals surface area contributed by atoms with E-state index in [1.54, 1.807) is 30.3 Å². The molecule has 2 aromatic rings. The molecule has 246 valence electrons. The number of unbranched alkanes of at least 4 members (excludes halogenated alkanes) is 2. The zero-order valence-corrected chi connectivity index (χ0v) is 28.4. The van der Waals surface area contributed by atoms with Crippen LogP contribution in [-0.2, 0) is 9.47 Å². The molecule has 3 rings (SSSR count). The largest absolute Gasteiger partial charge is 0.494 e. The Morgan fingerprint density at radius 3 is 2.16 bits per heavy atom. The van der Waals surface area contributed by atoms with E-state index in [4.69, 9.17) is 35.8 Å². The fraction of sp³-hybridized carbons (Fsp3) is 0.571. The highest BCUT2D eigenvalue weighted by atomic mass is 35.5. The summed E-state index contributed by atoms with van der Waals surface area (Å²) in [7, 11) is 0. The van der Waals surface area contributed by atoms with Crippen molar-refractivity contribution >= 4 is 23.6 Å². The highest BCUT2D eigenvalue weighted by Gasteiger charge is 2.64. The summed E-state index contributed by atoms with van der Waals surface area (Å²) in [6.07, 6.45) is 2.97. The Balaban J connectivity index is 1.33. The van der Waals surface area contributed by atoms with Gasteiger partial charge in [0.25, 0.3) is 5.91 Å². The van der Waals surface area contributed by atoms with E-state index < -0.39 is 11.7 Å². The van der Waals surface area contributed by atoms with Crippen molar-refractivity contribution in [1.82, 2.24) is 10.6 Å². The normalized spacial score (nSPS) is 18.2. The van der Waals surface area contributed by atoms with Crippen molar-refractivity contribution in [3.63, 3.8) is 0 Å². The van der Waals surface area contributed by atoms with Gasteiger partial charge in [-0.3, -0.25) is 4.79 Å². The molecule has 2 amide bonds. The number of ether oxygens (including phenoxy) is 4. The topological polar surface area (TPSA) is 119 Å². The molecule has 2 N–H and O–H groups in total. The molecule has 0 aromatic heterocycles. The third-order valence-electron chi connectivity index (χ3n) is 7.88. The van der Waals surface area contributed by atoms with Crippen molar-refractivity contribution in [2.45, 2.75) is 91.9 Å². The van der Waals surface area contributed by atoms with Gasteiger partial charge in [-0.1, -0.05) is 39.3 Å². The van der Waals surface area contributed by atoms with Crippen molar-refractivity contribution in [1.29, 1.82) is 5.26 Å². The van der Waals surface area contributed by atoms with E-state index in [9.17, 15) is 9.59 Å². The van der Waals surface area contributed by atoms with Crippen molar-refractivity contribution in [2.24, 2.45) is 10.8 Å². The lowest BCUT2D eigenvalue weighted by Gasteiger charge is -2.63. The number of nitrogens with zero attached hydrogens (tertiary/aromatic N) is 1. The second-order valence-electron chi connectivity index (χ2n) is 13.6. The fourth-order valence-corrected chi connectivity index (χ4v) is 6.18. The van der Waals surface area contributed by atoms with Crippen LogP contribution in [0.15, 0.2) is 42.5 Å². The zero-order valence-electron chi connectivity index (χ0n) is 27.6. The molecule has 0 atom stereocenters. The molecule has 0 unspecified atom stereocenters. The lowest BCUT2D eigenvalue weighted by atomic mass is 9.49. The van der Waals surface area contributed by atoms with Gasteiger partial charge in [0.2, 0.25) is 0 Å². The molecule has 0 radical (unpaired) electrons. The summed E-state index contributed by atoms with van der Waals surface area (Å²) in [6.45, 7) is 16.2. The standard InChI is InChI=1S/C35H48ClN3O6/c1-33(2,3)45-32(41)38-18-11-20-42-19-9-8-10-21-43-26-15-12-24(13-16-26)29(40)39-30-34(4,5)31(35(30,6)7)44-27-17-14-25(23-37)28(36)22-27/h12-17,22,30-31H,8-11,18-21H2,1-7H3,(H,38,41)(H,39,40). The summed E-state index contributed by atoms with van der Waals surface area (Å²) in [5, 5.41) is 15.4. The van der Waals surface area contributed by atoms with Crippen LogP contribution in [0.1, 0.15) is 90.1 Å². The first-order valence-electron chi connectivity index (χ1n) is 15.6. The van der Waals surface area contributed by atoms with E-state index >= 15 is 0 Å². The molecule has 9 nitrogen and oxygen atoms in total. The number of nitrogens with one attached hydrogen (secondary N) is 2. The van der Waals surface area contributed by atoms with E-state index in [2.05, 4.69) is 44.4 Å². The van der Waals surface area contributed by atoms with Gasteiger partial charge in [0.15, 0.2) is 0 Å². The number of carbonyl (C=O) groups excluding carboxylic acids is 2. The van der Waals surface area contributed by atoms with Crippen LogP contribution in [-0.4, -0.2) is 56.1 Å². The monoisotopic (exact) mass is 641 g/mol. The first-order valence-corrected chi connectivity index (χ1v) is 16.0. The third kappa shape index (κ3) is 10.3. The molecule has 0 spiro atoms. The SMILES string of the molecule is CC(C)(C)OC(=O)NCCCOCCCCCOc1ccc(C(=O)NC2C(C)(C)C(Oc3ccc(C#N)c(Cl)c3)C2(C)C)cc1. The van der Waals surface area contributed by atoms with E-state index in [0.29, 0.717) is 48.3 Å². The van der Waals surface area contributed by atoms with Crippen LogP contribution < -0.4 is 20.1 Å². The molecule has 0 bridgehead atoms. The van der Waals surface area contributed by atoms with Crippen molar-refractivity contribution in [2.75, 3.05) is 26.4 Å². The van der Waals surface area contributed by atoms with Crippen molar-refractivity contribution in [3.8, 4) is 17.6 Å². The summed E-state index contributed by atoms with van der Waals surface area (Å²) >= 11 is 6.20. The predicted octanol–water partition coefficient (Wildman–Crippen LogP) is 7.30. The highest BCUT2D eigenvalue weighted by molar-refractivity contribution is 6.31. The number of nitriles is 1. The van der Waals surface area contributed by atoms with Gasteiger partial charge in [-0.2, -0.15) is 5.26 Å². The molecule has 1 fully saturated rings. The first kappa shape index (κ1) is 36.0. The average molecular weight is 642 g/mol. The van der Waals surface area contributed by atoms with E-state index in [1.807, 2.05) is 32.9 Å².